The molecule has 1 aromatic carbocycles. The zero-order valence-corrected chi connectivity index (χ0v) is 9.81. The standard InChI is InChI=1S/C12H16N4O/c1-2-9-4-3-5-10(8-9)14-12-16-15-11(17-12)6-7-13/h3-5,8H,2,6-7,13H2,1H3,(H,14,16). The highest BCUT2D eigenvalue weighted by Crippen LogP contribution is 2.16. The Bertz CT molecular complexity index is 481. The summed E-state index contributed by atoms with van der Waals surface area (Å²) >= 11 is 0. The Hall–Kier alpha value is -1.88. The maximum absolute atomic E-state index is 5.41. The van der Waals surface area contributed by atoms with Crippen LogP contribution >= 0.6 is 0 Å². The minimum Gasteiger partial charge on any atom is -0.408 e. The van der Waals surface area contributed by atoms with Crippen LogP contribution in [0.1, 0.15) is 18.4 Å². The van der Waals surface area contributed by atoms with Gasteiger partial charge in [-0.15, -0.1) is 5.10 Å². The fourth-order valence-electron chi connectivity index (χ4n) is 1.52. The number of benzene rings is 1. The van der Waals surface area contributed by atoms with E-state index in [-0.39, 0.29) is 0 Å². The van der Waals surface area contributed by atoms with E-state index in [9.17, 15) is 0 Å². The minimum absolute atomic E-state index is 0.404. The van der Waals surface area contributed by atoms with E-state index >= 15 is 0 Å². The first-order valence-electron chi connectivity index (χ1n) is 5.70. The van der Waals surface area contributed by atoms with Crippen LogP contribution in [0.2, 0.25) is 0 Å². The Balaban J connectivity index is 2.08. The highest BCUT2D eigenvalue weighted by Gasteiger charge is 2.05. The summed E-state index contributed by atoms with van der Waals surface area (Å²) in [7, 11) is 0. The van der Waals surface area contributed by atoms with Crippen LogP contribution in [-0.2, 0) is 12.8 Å². The second-order valence-electron chi connectivity index (χ2n) is 3.72. The molecule has 2 aromatic rings. The Morgan fingerprint density at radius 1 is 1.35 bits per heavy atom. The number of anilines is 2. The number of hydrogen-bond donors (Lipinski definition) is 2. The topological polar surface area (TPSA) is 77.0 Å². The van der Waals surface area contributed by atoms with Crippen molar-refractivity contribution < 1.29 is 4.42 Å². The van der Waals surface area contributed by atoms with E-state index in [1.54, 1.807) is 0 Å². The Morgan fingerprint density at radius 2 is 2.24 bits per heavy atom. The van der Waals surface area contributed by atoms with Crippen LogP contribution < -0.4 is 11.1 Å². The Kier molecular flexibility index (Phi) is 3.72. The van der Waals surface area contributed by atoms with Gasteiger partial charge in [0.1, 0.15) is 0 Å². The second-order valence-corrected chi connectivity index (χ2v) is 3.72. The van der Waals surface area contributed by atoms with Gasteiger partial charge in [-0.25, -0.2) is 0 Å². The molecular formula is C12H16N4O. The van der Waals surface area contributed by atoms with Crippen molar-refractivity contribution in [1.29, 1.82) is 0 Å². The minimum atomic E-state index is 0.404. The third-order valence-corrected chi connectivity index (χ3v) is 2.41. The van der Waals surface area contributed by atoms with E-state index in [4.69, 9.17) is 10.2 Å². The van der Waals surface area contributed by atoms with Crippen LogP contribution in [0, 0.1) is 0 Å². The van der Waals surface area contributed by atoms with Crippen LogP contribution in [0.5, 0.6) is 0 Å². The van der Waals surface area contributed by atoms with Gasteiger partial charge in [-0.05, 0) is 24.1 Å². The van der Waals surface area contributed by atoms with Crippen molar-refractivity contribution in [3.05, 3.63) is 35.7 Å². The number of aromatic nitrogens is 2. The molecule has 0 saturated heterocycles. The van der Waals surface area contributed by atoms with E-state index in [0.29, 0.717) is 24.9 Å². The fourth-order valence-corrected chi connectivity index (χ4v) is 1.52. The average molecular weight is 232 g/mol. The molecule has 1 heterocycles. The van der Waals surface area contributed by atoms with Crippen LogP contribution in [0.15, 0.2) is 28.7 Å². The molecule has 0 radical (unpaired) electrons. The maximum atomic E-state index is 5.41. The van der Waals surface area contributed by atoms with Crippen molar-refractivity contribution in [2.75, 3.05) is 11.9 Å². The summed E-state index contributed by atoms with van der Waals surface area (Å²) in [5.41, 5.74) is 7.62. The highest BCUT2D eigenvalue weighted by molar-refractivity contribution is 5.53. The number of nitrogens with zero attached hydrogens (tertiary/aromatic N) is 2. The first-order chi connectivity index (χ1) is 8.31. The van der Waals surface area contributed by atoms with Gasteiger partial charge >= 0.3 is 6.01 Å². The summed E-state index contributed by atoms with van der Waals surface area (Å²) in [5, 5.41) is 10.9. The molecule has 17 heavy (non-hydrogen) atoms. The van der Waals surface area contributed by atoms with E-state index in [1.165, 1.54) is 5.56 Å². The molecule has 0 spiro atoms. The maximum Gasteiger partial charge on any atom is 0.320 e. The van der Waals surface area contributed by atoms with Gasteiger partial charge in [0.05, 0.1) is 0 Å². The summed E-state index contributed by atoms with van der Waals surface area (Å²) in [6.07, 6.45) is 1.60. The lowest BCUT2D eigenvalue weighted by Crippen LogP contribution is -2.02. The molecule has 2 rings (SSSR count). The highest BCUT2D eigenvalue weighted by atomic mass is 16.4. The smallest absolute Gasteiger partial charge is 0.320 e. The van der Waals surface area contributed by atoms with Gasteiger partial charge in [0, 0.05) is 18.7 Å². The zero-order chi connectivity index (χ0) is 12.1. The molecule has 0 saturated carbocycles. The lowest BCUT2D eigenvalue weighted by atomic mass is 10.1. The van der Waals surface area contributed by atoms with Gasteiger partial charge < -0.3 is 15.5 Å². The van der Waals surface area contributed by atoms with Gasteiger partial charge in [-0.1, -0.05) is 24.2 Å². The van der Waals surface area contributed by atoms with Gasteiger partial charge in [0.2, 0.25) is 5.89 Å². The molecular weight excluding hydrogens is 216 g/mol. The number of hydrogen-bond acceptors (Lipinski definition) is 5. The molecule has 0 aliphatic rings. The molecule has 0 bridgehead atoms. The van der Waals surface area contributed by atoms with Gasteiger partial charge in [-0.2, -0.15) is 0 Å². The monoisotopic (exact) mass is 232 g/mol. The molecule has 0 aliphatic heterocycles. The molecule has 5 nitrogen and oxygen atoms in total. The third-order valence-electron chi connectivity index (χ3n) is 2.41. The van der Waals surface area contributed by atoms with E-state index in [0.717, 1.165) is 12.1 Å². The fraction of sp³-hybridized carbons (Fsp3) is 0.333. The molecule has 90 valence electrons. The van der Waals surface area contributed by atoms with Gasteiger partial charge in [0.15, 0.2) is 0 Å². The van der Waals surface area contributed by atoms with Gasteiger partial charge in [-0.3, -0.25) is 0 Å². The Labute approximate surface area is 100 Å². The number of nitrogens with one attached hydrogen (secondary N) is 1. The second kappa shape index (κ2) is 5.45. The molecule has 3 N–H and O–H groups in total. The van der Waals surface area contributed by atoms with Crippen molar-refractivity contribution in [2.24, 2.45) is 5.73 Å². The molecule has 0 fully saturated rings. The lowest BCUT2D eigenvalue weighted by molar-refractivity contribution is 0.510. The summed E-state index contributed by atoms with van der Waals surface area (Å²) in [6, 6.07) is 8.51. The van der Waals surface area contributed by atoms with Crippen molar-refractivity contribution in [3.63, 3.8) is 0 Å². The van der Waals surface area contributed by atoms with E-state index in [2.05, 4.69) is 34.6 Å². The van der Waals surface area contributed by atoms with E-state index in [1.807, 2.05) is 12.1 Å². The van der Waals surface area contributed by atoms with Crippen LogP contribution in [0.3, 0.4) is 0 Å². The van der Waals surface area contributed by atoms with Crippen molar-refractivity contribution in [1.82, 2.24) is 10.2 Å². The molecule has 0 unspecified atom stereocenters. The molecule has 0 amide bonds. The SMILES string of the molecule is CCc1cccc(Nc2nnc(CCN)o2)c1. The number of nitrogens with two attached hydrogens (primary N) is 1. The zero-order valence-electron chi connectivity index (χ0n) is 9.81. The first kappa shape index (κ1) is 11.6. The predicted molar refractivity (Wildman–Crippen MR) is 66.2 cm³/mol. The first-order valence-corrected chi connectivity index (χ1v) is 5.70. The summed E-state index contributed by atoms with van der Waals surface area (Å²) < 4.78 is 5.39. The van der Waals surface area contributed by atoms with Crippen LogP contribution in [0.4, 0.5) is 11.7 Å². The van der Waals surface area contributed by atoms with E-state index < -0.39 is 0 Å². The normalized spacial score (nSPS) is 10.5. The third kappa shape index (κ3) is 3.04. The van der Waals surface area contributed by atoms with Crippen LogP contribution in [0.25, 0.3) is 0 Å². The largest absolute Gasteiger partial charge is 0.408 e. The lowest BCUT2D eigenvalue weighted by Gasteiger charge is -2.02. The molecule has 5 heteroatoms. The summed E-state index contributed by atoms with van der Waals surface area (Å²) in [5.74, 6) is 0.557. The van der Waals surface area contributed by atoms with Crippen LogP contribution in [-0.4, -0.2) is 16.7 Å². The van der Waals surface area contributed by atoms with Crippen molar-refractivity contribution >= 4 is 11.7 Å². The molecule has 1 aromatic heterocycles. The average Bonchev–Trinajstić information content (AvgIpc) is 2.77. The Morgan fingerprint density at radius 3 is 3.00 bits per heavy atom. The quantitative estimate of drug-likeness (QED) is 0.823. The number of aryl methyl sites for hydroxylation is 1. The number of rotatable bonds is 5. The molecule has 0 atom stereocenters. The predicted octanol–water partition coefficient (Wildman–Crippen LogP) is 1.88. The van der Waals surface area contributed by atoms with Crippen molar-refractivity contribution in [3.8, 4) is 0 Å². The van der Waals surface area contributed by atoms with Crippen molar-refractivity contribution in [2.45, 2.75) is 19.8 Å². The van der Waals surface area contributed by atoms with Gasteiger partial charge in [0.25, 0.3) is 0 Å². The summed E-state index contributed by atoms with van der Waals surface area (Å²) in [6.45, 7) is 2.62. The molecule has 0 aliphatic carbocycles. The summed E-state index contributed by atoms with van der Waals surface area (Å²) in [4.78, 5) is 0.